The predicted molar refractivity (Wildman–Crippen MR) is 66.6 cm³/mol. The van der Waals surface area contributed by atoms with Crippen molar-refractivity contribution < 1.29 is 0 Å². The van der Waals surface area contributed by atoms with Crippen LogP contribution < -0.4 is 11.1 Å². The summed E-state index contributed by atoms with van der Waals surface area (Å²) in [6.07, 6.45) is 0. The van der Waals surface area contributed by atoms with Crippen LogP contribution in [-0.4, -0.2) is 12.0 Å². The van der Waals surface area contributed by atoms with Crippen molar-refractivity contribution in [2.75, 3.05) is 5.32 Å². The van der Waals surface area contributed by atoms with Crippen molar-refractivity contribution in [1.82, 2.24) is 0 Å². The second kappa shape index (κ2) is 5.03. The van der Waals surface area contributed by atoms with E-state index in [4.69, 9.17) is 17.3 Å². The van der Waals surface area contributed by atoms with E-state index in [0.717, 1.165) is 11.3 Å². The molecule has 3 N–H and O–H groups in total. The number of anilines is 1. The Kier molecular flexibility index (Phi) is 3.97. The van der Waals surface area contributed by atoms with Gasteiger partial charge in [-0.05, 0) is 38.5 Å². The molecule has 0 fully saturated rings. The molecule has 0 radical (unpaired) electrons. The molecular weight excluding hydrogens is 210 g/mol. The molecule has 0 saturated heterocycles. The number of halogens is 1. The molecule has 15 heavy (non-hydrogen) atoms. The molecule has 0 atom stereocenters. The highest BCUT2D eigenvalue weighted by atomic mass is 35.5. The first-order valence-electron chi connectivity index (χ1n) is 4.85. The van der Waals surface area contributed by atoms with Gasteiger partial charge in [0.2, 0.25) is 0 Å². The maximum Gasteiger partial charge on any atom is 0.193 e. The fraction of sp³-hybridized carbons (Fsp3) is 0.364. The quantitative estimate of drug-likeness (QED) is 0.601. The summed E-state index contributed by atoms with van der Waals surface area (Å²) in [5.74, 6) is 0.412. The van der Waals surface area contributed by atoms with Gasteiger partial charge in [-0.25, -0.2) is 0 Å². The molecule has 0 saturated carbocycles. The van der Waals surface area contributed by atoms with Crippen molar-refractivity contribution in [3.05, 3.63) is 28.8 Å². The number of rotatable bonds is 2. The smallest absolute Gasteiger partial charge is 0.193 e. The molecule has 0 bridgehead atoms. The Morgan fingerprint density at radius 1 is 1.47 bits per heavy atom. The van der Waals surface area contributed by atoms with E-state index in [1.165, 1.54) is 0 Å². The zero-order valence-corrected chi connectivity index (χ0v) is 9.97. The summed E-state index contributed by atoms with van der Waals surface area (Å²) in [5.41, 5.74) is 7.70. The molecule has 0 aliphatic carbocycles. The van der Waals surface area contributed by atoms with Crippen LogP contribution in [0.25, 0.3) is 0 Å². The fourth-order valence-corrected chi connectivity index (χ4v) is 1.35. The number of hydrogen-bond acceptors (Lipinski definition) is 1. The minimum Gasteiger partial charge on any atom is -0.370 e. The molecule has 3 nitrogen and oxygen atoms in total. The minimum absolute atomic E-state index is 0.178. The van der Waals surface area contributed by atoms with Crippen molar-refractivity contribution in [1.29, 1.82) is 0 Å². The number of guanidine groups is 1. The van der Waals surface area contributed by atoms with Gasteiger partial charge in [0, 0.05) is 16.8 Å². The molecule has 0 spiro atoms. The lowest BCUT2D eigenvalue weighted by molar-refractivity contribution is 0.833. The number of nitrogens with one attached hydrogen (secondary N) is 1. The molecule has 82 valence electrons. The third-order valence-electron chi connectivity index (χ3n) is 1.86. The van der Waals surface area contributed by atoms with Crippen LogP contribution in [-0.2, 0) is 0 Å². The number of nitrogens with two attached hydrogens (primary N) is 1. The van der Waals surface area contributed by atoms with E-state index in [1.54, 1.807) is 0 Å². The van der Waals surface area contributed by atoms with Gasteiger partial charge >= 0.3 is 0 Å². The molecule has 0 aliphatic rings. The highest BCUT2D eigenvalue weighted by molar-refractivity contribution is 6.31. The van der Waals surface area contributed by atoms with Gasteiger partial charge in [0.1, 0.15) is 0 Å². The fourth-order valence-electron chi connectivity index (χ4n) is 1.18. The zero-order chi connectivity index (χ0) is 11.4. The molecule has 1 rings (SSSR count). The third-order valence-corrected chi connectivity index (χ3v) is 2.09. The van der Waals surface area contributed by atoms with E-state index in [2.05, 4.69) is 10.3 Å². The van der Waals surface area contributed by atoms with E-state index in [0.29, 0.717) is 11.0 Å². The average Bonchev–Trinajstić information content (AvgIpc) is 2.10. The molecular formula is C11H16ClN3. The molecule has 0 unspecified atom stereocenters. The van der Waals surface area contributed by atoms with Crippen LogP contribution in [0.2, 0.25) is 5.02 Å². The zero-order valence-electron chi connectivity index (χ0n) is 9.21. The summed E-state index contributed by atoms with van der Waals surface area (Å²) in [5, 5.41) is 3.71. The summed E-state index contributed by atoms with van der Waals surface area (Å²) < 4.78 is 0. The first-order valence-corrected chi connectivity index (χ1v) is 5.23. The van der Waals surface area contributed by atoms with Gasteiger partial charge in [0.05, 0.1) is 0 Å². The molecule has 0 aromatic heterocycles. The average molecular weight is 226 g/mol. The first-order chi connectivity index (χ1) is 6.99. The molecule has 4 heteroatoms. The SMILES string of the molecule is Cc1ccc(Cl)cc1NC(N)=NC(C)C. The summed E-state index contributed by atoms with van der Waals surface area (Å²) >= 11 is 5.89. The Morgan fingerprint density at radius 3 is 2.73 bits per heavy atom. The van der Waals surface area contributed by atoms with Crippen molar-refractivity contribution in [2.45, 2.75) is 26.8 Å². The third kappa shape index (κ3) is 3.80. The van der Waals surface area contributed by atoms with Gasteiger partial charge in [-0.1, -0.05) is 17.7 Å². The molecule has 0 amide bonds. The number of hydrogen-bond donors (Lipinski definition) is 2. The lowest BCUT2D eigenvalue weighted by Gasteiger charge is -2.09. The van der Waals surface area contributed by atoms with Crippen LogP contribution in [0.1, 0.15) is 19.4 Å². The van der Waals surface area contributed by atoms with Gasteiger partial charge in [-0.15, -0.1) is 0 Å². The first kappa shape index (κ1) is 11.9. The number of benzene rings is 1. The summed E-state index contributed by atoms with van der Waals surface area (Å²) in [7, 11) is 0. The maximum atomic E-state index is 5.89. The van der Waals surface area contributed by atoms with Crippen molar-refractivity contribution in [3.8, 4) is 0 Å². The largest absolute Gasteiger partial charge is 0.370 e. The molecule has 0 heterocycles. The molecule has 1 aromatic rings. The van der Waals surface area contributed by atoms with Crippen LogP contribution in [0.15, 0.2) is 23.2 Å². The van der Waals surface area contributed by atoms with Gasteiger partial charge in [0.25, 0.3) is 0 Å². The lowest BCUT2D eigenvalue weighted by Crippen LogP contribution is -2.24. The van der Waals surface area contributed by atoms with Gasteiger partial charge in [-0.2, -0.15) is 0 Å². The Hall–Kier alpha value is -1.22. The van der Waals surface area contributed by atoms with Gasteiger partial charge in [-0.3, -0.25) is 4.99 Å². The van der Waals surface area contributed by atoms with E-state index in [-0.39, 0.29) is 6.04 Å². The van der Waals surface area contributed by atoms with Crippen LogP contribution in [0, 0.1) is 6.92 Å². The van der Waals surface area contributed by atoms with Gasteiger partial charge < -0.3 is 11.1 Å². The van der Waals surface area contributed by atoms with Crippen LogP contribution in [0.3, 0.4) is 0 Å². The Labute approximate surface area is 95.3 Å². The highest BCUT2D eigenvalue weighted by Gasteiger charge is 2.01. The van der Waals surface area contributed by atoms with Crippen molar-refractivity contribution in [2.24, 2.45) is 10.7 Å². The second-order valence-electron chi connectivity index (χ2n) is 3.69. The number of aliphatic imine (C=N–C) groups is 1. The standard InChI is InChI=1S/C11H16ClN3/c1-7(2)14-11(13)15-10-6-9(12)5-4-8(10)3/h4-7H,1-3H3,(H3,13,14,15). The predicted octanol–water partition coefficient (Wildman–Crippen LogP) is 2.78. The molecule has 1 aromatic carbocycles. The summed E-state index contributed by atoms with van der Waals surface area (Å²) in [6, 6.07) is 5.79. The Bertz CT molecular complexity index is 372. The molecule has 0 aliphatic heterocycles. The van der Waals surface area contributed by atoms with Crippen molar-refractivity contribution >= 4 is 23.2 Å². The van der Waals surface area contributed by atoms with Crippen LogP contribution >= 0.6 is 11.6 Å². The van der Waals surface area contributed by atoms with Crippen LogP contribution in [0.4, 0.5) is 5.69 Å². The van der Waals surface area contributed by atoms with E-state index >= 15 is 0 Å². The second-order valence-corrected chi connectivity index (χ2v) is 4.13. The Balaban J connectivity index is 2.85. The number of nitrogens with zero attached hydrogens (tertiary/aromatic N) is 1. The normalized spacial score (nSPS) is 11.9. The topological polar surface area (TPSA) is 50.4 Å². The number of aryl methyl sites for hydroxylation is 1. The summed E-state index contributed by atoms with van der Waals surface area (Å²) in [4.78, 5) is 4.18. The summed E-state index contributed by atoms with van der Waals surface area (Å²) in [6.45, 7) is 5.93. The van der Waals surface area contributed by atoms with E-state index < -0.39 is 0 Å². The van der Waals surface area contributed by atoms with E-state index in [9.17, 15) is 0 Å². The van der Waals surface area contributed by atoms with Crippen molar-refractivity contribution in [3.63, 3.8) is 0 Å². The highest BCUT2D eigenvalue weighted by Crippen LogP contribution is 2.19. The van der Waals surface area contributed by atoms with E-state index in [1.807, 2.05) is 39.0 Å². The lowest BCUT2D eigenvalue weighted by atomic mass is 10.2. The monoisotopic (exact) mass is 225 g/mol. The maximum absolute atomic E-state index is 5.89. The minimum atomic E-state index is 0.178. The van der Waals surface area contributed by atoms with Crippen LogP contribution in [0.5, 0.6) is 0 Å². The Morgan fingerprint density at radius 2 is 2.13 bits per heavy atom. The van der Waals surface area contributed by atoms with Gasteiger partial charge in [0.15, 0.2) is 5.96 Å².